The third kappa shape index (κ3) is 8.60. The molecular formula is C43H47Cl2N5O4. The van der Waals surface area contributed by atoms with Gasteiger partial charge in [0.05, 0.1) is 36.3 Å². The van der Waals surface area contributed by atoms with Crippen molar-refractivity contribution in [2.75, 3.05) is 27.2 Å². The van der Waals surface area contributed by atoms with Gasteiger partial charge in [-0.3, -0.25) is 14.3 Å². The summed E-state index contributed by atoms with van der Waals surface area (Å²) in [6, 6.07) is 25.0. The van der Waals surface area contributed by atoms with E-state index in [1.54, 1.807) is 7.11 Å². The Labute approximate surface area is 326 Å². The fourth-order valence-electron chi connectivity index (χ4n) is 8.07. The van der Waals surface area contributed by atoms with Crippen molar-refractivity contribution in [1.82, 2.24) is 25.3 Å². The highest BCUT2D eigenvalue weighted by molar-refractivity contribution is 6.36. The summed E-state index contributed by atoms with van der Waals surface area (Å²) in [6.07, 6.45) is 6.76. The van der Waals surface area contributed by atoms with Crippen LogP contribution in [0.3, 0.4) is 0 Å². The maximum absolute atomic E-state index is 11.5. The Morgan fingerprint density at radius 1 is 0.981 bits per heavy atom. The Morgan fingerprint density at radius 2 is 1.72 bits per heavy atom. The molecule has 1 saturated carbocycles. The maximum atomic E-state index is 11.5. The number of carboxylic acid groups (broad SMARTS) is 1. The lowest BCUT2D eigenvalue weighted by molar-refractivity contribution is -0.143. The molecule has 1 unspecified atom stereocenters. The molecule has 2 heterocycles. The van der Waals surface area contributed by atoms with Gasteiger partial charge in [-0.25, -0.2) is 0 Å². The first-order valence-corrected chi connectivity index (χ1v) is 19.5. The molecule has 3 N–H and O–H groups in total. The molecule has 54 heavy (non-hydrogen) atoms. The Hall–Kier alpha value is -4.41. The number of carbonyl (C=O) groups excluding carboxylic acids is 1. The van der Waals surface area contributed by atoms with Crippen molar-refractivity contribution < 1.29 is 19.4 Å². The molecule has 0 spiro atoms. The molecule has 1 saturated heterocycles. The van der Waals surface area contributed by atoms with Crippen LogP contribution in [0.15, 0.2) is 79.0 Å². The van der Waals surface area contributed by atoms with Gasteiger partial charge in [0.25, 0.3) is 0 Å². The van der Waals surface area contributed by atoms with Gasteiger partial charge >= 0.3 is 5.97 Å². The van der Waals surface area contributed by atoms with Crippen molar-refractivity contribution in [3.63, 3.8) is 0 Å². The van der Waals surface area contributed by atoms with Gasteiger partial charge in [-0.1, -0.05) is 77.8 Å². The molecule has 282 valence electrons. The Balaban J connectivity index is 1.04. The van der Waals surface area contributed by atoms with Crippen molar-refractivity contribution >= 4 is 46.0 Å². The average molecular weight is 769 g/mol. The minimum atomic E-state index is -0.670. The summed E-state index contributed by atoms with van der Waals surface area (Å²) >= 11 is 14.1. The molecule has 5 aromatic rings. The van der Waals surface area contributed by atoms with E-state index in [0.717, 1.165) is 102 Å². The molecule has 1 atom stereocenters. The molecule has 0 bridgehead atoms. The first-order chi connectivity index (χ1) is 26.2. The van der Waals surface area contributed by atoms with Crippen LogP contribution in [-0.2, 0) is 29.2 Å². The number of nitrogens with zero attached hydrogens (tertiary/aromatic N) is 3. The topological polar surface area (TPSA) is 109 Å². The average Bonchev–Trinajstić information content (AvgIpc) is 3.78. The van der Waals surface area contributed by atoms with Crippen molar-refractivity contribution in [2.24, 2.45) is 11.8 Å². The zero-order chi connectivity index (χ0) is 37.8. The summed E-state index contributed by atoms with van der Waals surface area (Å²) in [6.45, 7) is 3.54. The van der Waals surface area contributed by atoms with E-state index in [0.29, 0.717) is 35.5 Å². The number of carbonyl (C=O) groups is 2. The van der Waals surface area contributed by atoms with Gasteiger partial charge in [0.1, 0.15) is 5.75 Å². The number of nitrogens with one attached hydrogen (secondary N) is 2. The summed E-state index contributed by atoms with van der Waals surface area (Å²) in [5.41, 5.74) is 8.00. The number of fused-ring (bicyclic) bond motifs is 1. The van der Waals surface area contributed by atoms with Crippen molar-refractivity contribution in [3.8, 4) is 28.0 Å². The predicted molar refractivity (Wildman–Crippen MR) is 215 cm³/mol. The van der Waals surface area contributed by atoms with Gasteiger partial charge < -0.3 is 25.4 Å². The van der Waals surface area contributed by atoms with Crippen LogP contribution < -0.4 is 15.4 Å². The minimum Gasteiger partial charge on any atom is -0.496 e. The van der Waals surface area contributed by atoms with E-state index in [1.807, 2.05) is 35.1 Å². The van der Waals surface area contributed by atoms with E-state index in [2.05, 4.69) is 71.1 Å². The van der Waals surface area contributed by atoms with Gasteiger partial charge in [-0.15, -0.1) is 0 Å². The molecular weight excluding hydrogens is 721 g/mol. The molecule has 1 aliphatic carbocycles. The number of aliphatic carboxylic acids is 1. The zero-order valence-electron chi connectivity index (χ0n) is 30.8. The highest BCUT2D eigenvalue weighted by Gasteiger charge is 2.27. The number of ether oxygens (including phenoxy) is 1. The third-order valence-corrected chi connectivity index (χ3v) is 11.8. The third-order valence-electron chi connectivity index (χ3n) is 11.0. The number of benzene rings is 4. The first-order valence-electron chi connectivity index (χ1n) is 18.8. The number of hydrogen-bond donors (Lipinski definition) is 3. The van der Waals surface area contributed by atoms with Crippen LogP contribution in [0.25, 0.3) is 33.2 Å². The first kappa shape index (κ1) is 37.9. The fraction of sp³-hybridized carbons (Fsp3) is 0.372. The fourth-order valence-corrected chi connectivity index (χ4v) is 8.65. The van der Waals surface area contributed by atoms with E-state index >= 15 is 0 Å². The van der Waals surface area contributed by atoms with Crippen molar-refractivity contribution in [3.05, 3.63) is 106 Å². The second-order valence-corrected chi connectivity index (χ2v) is 15.6. The number of halogens is 2. The van der Waals surface area contributed by atoms with Crippen LogP contribution in [0.4, 0.5) is 0 Å². The lowest BCUT2D eigenvalue weighted by Crippen LogP contribution is -2.35. The summed E-state index contributed by atoms with van der Waals surface area (Å²) in [4.78, 5) is 25.1. The highest BCUT2D eigenvalue weighted by Crippen LogP contribution is 2.40. The van der Waals surface area contributed by atoms with Crippen LogP contribution >= 0.6 is 23.2 Å². The number of methoxy groups -OCH3 is 1. The molecule has 0 radical (unpaired) electrons. The zero-order valence-corrected chi connectivity index (χ0v) is 32.3. The normalized spacial score (nSPS) is 18.7. The van der Waals surface area contributed by atoms with E-state index < -0.39 is 5.97 Å². The van der Waals surface area contributed by atoms with E-state index in [4.69, 9.17) is 33.0 Å². The van der Waals surface area contributed by atoms with Crippen molar-refractivity contribution in [1.29, 1.82) is 0 Å². The van der Waals surface area contributed by atoms with Gasteiger partial charge in [0, 0.05) is 65.7 Å². The van der Waals surface area contributed by atoms with Gasteiger partial charge in [0.2, 0.25) is 5.91 Å². The van der Waals surface area contributed by atoms with Crippen LogP contribution in [0.1, 0.15) is 55.2 Å². The standard InChI is InChI=1S/C43H47Cl2N5O4/c1-49(24-28-11-15-30(16-12-28)43(52)53)25-32-19-38(44)31(20-40(32)54-2)26-50-39-8-4-6-35(37(39)23-47-50)36-7-3-5-34(42(36)45)29-13-9-27(10-14-29)21-46-22-33-17-18-41(51)48-33/h3-10,13-14,19-20,23,28,30,33,46H,11-12,15-18,21-22,24-26H2,1-2H3,(H,48,51)(H,52,53). The van der Waals surface area contributed by atoms with E-state index in [9.17, 15) is 14.7 Å². The lowest BCUT2D eigenvalue weighted by atomic mass is 9.82. The number of amides is 1. The molecule has 2 aliphatic rings. The SMILES string of the molecule is COc1cc(Cn2ncc3c(-c4cccc(-c5ccc(CNCC6CCC(=O)N6)cc5)c4Cl)cccc32)c(Cl)cc1CN(C)CC1CCC(C(=O)O)CC1. The van der Waals surface area contributed by atoms with Crippen LogP contribution in [0.5, 0.6) is 5.75 Å². The van der Waals surface area contributed by atoms with E-state index in [1.165, 1.54) is 5.56 Å². The molecule has 9 nitrogen and oxygen atoms in total. The Kier molecular flexibility index (Phi) is 11.9. The summed E-state index contributed by atoms with van der Waals surface area (Å²) in [5.74, 6) is 0.524. The largest absolute Gasteiger partial charge is 0.496 e. The highest BCUT2D eigenvalue weighted by atomic mass is 35.5. The molecule has 1 amide bonds. The van der Waals surface area contributed by atoms with E-state index in [-0.39, 0.29) is 17.9 Å². The second kappa shape index (κ2) is 16.9. The second-order valence-electron chi connectivity index (χ2n) is 14.8. The molecule has 7 rings (SSSR count). The Morgan fingerprint density at radius 3 is 2.44 bits per heavy atom. The van der Waals surface area contributed by atoms with Gasteiger partial charge in [-0.05, 0) is 85.5 Å². The Bertz CT molecular complexity index is 2130. The maximum Gasteiger partial charge on any atom is 0.306 e. The molecule has 11 heteroatoms. The summed E-state index contributed by atoms with van der Waals surface area (Å²) in [7, 11) is 3.78. The smallest absolute Gasteiger partial charge is 0.306 e. The molecule has 2 fully saturated rings. The summed E-state index contributed by atoms with van der Waals surface area (Å²) < 4.78 is 7.81. The van der Waals surface area contributed by atoms with Crippen LogP contribution in [-0.4, -0.2) is 65.0 Å². The van der Waals surface area contributed by atoms with Crippen LogP contribution in [0, 0.1) is 11.8 Å². The number of aromatic nitrogens is 2. The van der Waals surface area contributed by atoms with Gasteiger partial charge in [0.15, 0.2) is 0 Å². The number of rotatable bonds is 14. The predicted octanol–water partition coefficient (Wildman–Crippen LogP) is 8.43. The quantitative estimate of drug-likeness (QED) is 0.104. The van der Waals surface area contributed by atoms with Gasteiger partial charge in [-0.2, -0.15) is 5.10 Å². The monoisotopic (exact) mass is 767 g/mol. The lowest BCUT2D eigenvalue weighted by Gasteiger charge is -2.30. The minimum absolute atomic E-state index is 0.134. The molecule has 1 aromatic heterocycles. The summed E-state index contributed by atoms with van der Waals surface area (Å²) in [5, 5.41) is 22.9. The number of carboxylic acids is 1. The molecule has 1 aliphatic heterocycles. The van der Waals surface area contributed by atoms with Crippen LogP contribution in [0.2, 0.25) is 10.0 Å². The molecule has 4 aromatic carbocycles. The number of hydrogen-bond acceptors (Lipinski definition) is 6. The van der Waals surface area contributed by atoms with Crippen molar-refractivity contribution in [2.45, 2.75) is 64.2 Å².